The first kappa shape index (κ1) is 11.9. The summed E-state index contributed by atoms with van der Waals surface area (Å²) in [4.78, 5) is 4.46. The second-order valence-electron chi connectivity index (χ2n) is 4.37. The lowest BCUT2D eigenvalue weighted by molar-refractivity contribution is 0.327. The lowest BCUT2D eigenvalue weighted by atomic mass is 10.2. The molecule has 0 spiro atoms. The van der Waals surface area contributed by atoms with E-state index in [4.69, 9.17) is 10.6 Å². The largest absolute Gasteiger partial charge is 0.493 e. The van der Waals surface area contributed by atoms with E-state index in [0.717, 1.165) is 18.0 Å². The van der Waals surface area contributed by atoms with Crippen molar-refractivity contribution in [2.45, 2.75) is 32.2 Å². The Hall–Kier alpha value is -1.55. The highest BCUT2D eigenvalue weighted by Gasteiger charge is 2.20. The monoisotopic (exact) mass is 233 g/mol. The Morgan fingerprint density at radius 3 is 3.00 bits per heavy atom. The van der Waals surface area contributed by atoms with E-state index in [1.807, 2.05) is 31.2 Å². The summed E-state index contributed by atoms with van der Waals surface area (Å²) in [6.07, 6.45) is 3.09. The van der Waals surface area contributed by atoms with Gasteiger partial charge in [0.25, 0.3) is 0 Å². The minimum absolute atomic E-state index is 0.486. The van der Waals surface area contributed by atoms with Gasteiger partial charge >= 0.3 is 0 Å². The fourth-order valence-electron chi connectivity index (χ4n) is 1.57. The number of rotatable bonds is 5. The van der Waals surface area contributed by atoms with Crippen LogP contribution in [0, 0.1) is 6.92 Å². The second-order valence-corrected chi connectivity index (χ2v) is 4.37. The standard InChI is InChI=1S/C13H19N3O/c1-10-3-2-4-12(9-10)17-8-7-13(16-14)15-11-5-6-11/h2-4,9,11H,5-8,14H2,1H3,(H,15,16). The normalized spacial score (nSPS) is 15.8. The number of aryl methyl sites for hydroxylation is 1. The van der Waals surface area contributed by atoms with Gasteiger partial charge < -0.3 is 10.2 Å². The summed E-state index contributed by atoms with van der Waals surface area (Å²) in [7, 11) is 0. The van der Waals surface area contributed by atoms with Crippen LogP contribution in [-0.4, -0.2) is 18.5 Å². The van der Waals surface area contributed by atoms with Crippen molar-refractivity contribution in [1.82, 2.24) is 5.43 Å². The topological polar surface area (TPSA) is 59.6 Å². The average Bonchev–Trinajstić information content (AvgIpc) is 3.12. The van der Waals surface area contributed by atoms with E-state index in [9.17, 15) is 0 Å². The number of amidine groups is 1. The maximum Gasteiger partial charge on any atom is 0.119 e. The highest BCUT2D eigenvalue weighted by atomic mass is 16.5. The van der Waals surface area contributed by atoms with Crippen molar-refractivity contribution >= 4 is 5.84 Å². The number of nitrogens with two attached hydrogens (primary N) is 1. The van der Waals surface area contributed by atoms with Gasteiger partial charge in [0.15, 0.2) is 0 Å². The van der Waals surface area contributed by atoms with Gasteiger partial charge in [0.1, 0.15) is 11.6 Å². The van der Waals surface area contributed by atoms with E-state index in [-0.39, 0.29) is 0 Å². The number of hydrogen-bond donors (Lipinski definition) is 2. The first-order valence-electron chi connectivity index (χ1n) is 6.00. The van der Waals surface area contributed by atoms with Gasteiger partial charge in [0, 0.05) is 6.42 Å². The van der Waals surface area contributed by atoms with Crippen molar-refractivity contribution < 1.29 is 4.74 Å². The fourth-order valence-corrected chi connectivity index (χ4v) is 1.57. The Balaban J connectivity index is 1.78. The zero-order valence-electron chi connectivity index (χ0n) is 10.1. The van der Waals surface area contributed by atoms with Gasteiger partial charge in [-0.1, -0.05) is 12.1 Å². The third kappa shape index (κ3) is 4.07. The van der Waals surface area contributed by atoms with E-state index < -0.39 is 0 Å². The summed E-state index contributed by atoms with van der Waals surface area (Å²) in [5.74, 6) is 7.15. The molecule has 3 N–H and O–H groups in total. The molecular formula is C13H19N3O. The number of benzene rings is 1. The van der Waals surface area contributed by atoms with Gasteiger partial charge in [-0.15, -0.1) is 0 Å². The highest BCUT2D eigenvalue weighted by molar-refractivity contribution is 5.82. The minimum atomic E-state index is 0.486. The maximum atomic E-state index is 5.64. The number of hydrogen-bond acceptors (Lipinski definition) is 3. The SMILES string of the molecule is Cc1cccc(OCCC(=NC2CC2)NN)c1. The third-order valence-electron chi connectivity index (χ3n) is 2.65. The molecule has 17 heavy (non-hydrogen) atoms. The zero-order valence-corrected chi connectivity index (χ0v) is 10.1. The predicted molar refractivity (Wildman–Crippen MR) is 69.1 cm³/mol. The van der Waals surface area contributed by atoms with E-state index in [1.165, 1.54) is 18.4 Å². The minimum Gasteiger partial charge on any atom is -0.493 e. The first-order chi connectivity index (χ1) is 8.28. The molecule has 1 aromatic carbocycles. The summed E-state index contributed by atoms with van der Waals surface area (Å²) in [5.41, 5.74) is 3.84. The zero-order chi connectivity index (χ0) is 12.1. The van der Waals surface area contributed by atoms with Gasteiger partial charge in [0.05, 0.1) is 12.6 Å². The van der Waals surface area contributed by atoms with Crippen molar-refractivity contribution in [3.8, 4) is 5.75 Å². The Bertz CT molecular complexity index is 399. The van der Waals surface area contributed by atoms with Gasteiger partial charge in [-0.25, -0.2) is 5.84 Å². The van der Waals surface area contributed by atoms with Gasteiger partial charge in [0.2, 0.25) is 0 Å². The van der Waals surface area contributed by atoms with Crippen LogP contribution in [0.15, 0.2) is 29.3 Å². The molecule has 2 rings (SSSR count). The van der Waals surface area contributed by atoms with Gasteiger partial charge in [-0.2, -0.15) is 0 Å². The summed E-state index contributed by atoms with van der Waals surface area (Å²) in [6, 6.07) is 8.51. The molecular weight excluding hydrogens is 214 g/mol. The molecule has 0 amide bonds. The first-order valence-corrected chi connectivity index (χ1v) is 6.00. The number of aliphatic imine (C=N–C) groups is 1. The molecule has 0 saturated heterocycles. The highest BCUT2D eigenvalue weighted by Crippen LogP contribution is 2.23. The van der Waals surface area contributed by atoms with Crippen LogP contribution in [0.4, 0.5) is 0 Å². The van der Waals surface area contributed by atoms with Crippen LogP contribution in [0.2, 0.25) is 0 Å². The molecule has 0 aliphatic heterocycles. The molecule has 4 heteroatoms. The lowest BCUT2D eigenvalue weighted by Crippen LogP contribution is -2.32. The molecule has 0 unspecified atom stereocenters. The van der Waals surface area contributed by atoms with Crippen LogP contribution in [0.3, 0.4) is 0 Å². The average molecular weight is 233 g/mol. The van der Waals surface area contributed by atoms with Crippen molar-refractivity contribution in [3.05, 3.63) is 29.8 Å². The Morgan fingerprint density at radius 2 is 2.35 bits per heavy atom. The van der Waals surface area contributed by atoms with Gasteiger partial charge in [-0.3, -0.25) is 4.99 Å². The van der Waals surface area contributed by atoms with E-state index in [0.29, 0.717) is 12.6 Å². The van der Waals surface area contributed by atoms with Crippen LogP contribution in [-0.2, 0) is 0 Å². The molecule has 0 radical (unpaired) electrons. The molecule has 1 fully saturated rings. The molecule has 0 atom stereocenters. The van der Waals surface area contributed by atoms with Crippen LogP contribution < -0.4 is 16.0 Å². The summed E-state index contributed by atoms with van der Waals surface area (Å²) in [5, 5.41) is 0. The predicted octanol–water partition coefficient (Wildman–Crippen LogP) is 1.79. The summed E-state index contributed by atoms with van der Waals surface area (Å²) < 4.78 is 5.64. The molecule has 1 saturated carbocycles. The van der Waals surface area contributed by atoms with Crippen molar-refractivity contribution in [1.29, 1.82) is 0 Å². The third-order valence-corrected chi connectivity index (χ3v) is 2.65. The second kappa shape index (κ2) is 5.68. The molecule has 0 aromatic heterocycles. The molecule has 4 nitrogen and oxygen atoms in total. The Morgan fingerprint density at radius 1 is 1.53 bits per heavy atom. The Labute approximate surface area is 102 Å². The van der Waals surface area contributed by atoms with E-state index in [2.05, 4.69) is 10.4 Å². The number of nitrogens with one attached hydrogen (secondary N) is 1. The van der Waals surface area contributed by atoms with E-state index in [1.54, 1.807) is 0 Å². The van der Waals surface area contributed by atoms with Crippen LogP contribution in [0.5, 0.6) is 5.75 Å². The summed E-state index contributed by atoms with van der Waals surface area (Å²) >= 11 is 0. The number of ether oxygens (including phenoxy) is 1. The van der Waals surface area contributed by atoms with Gasteiger partial charge in [-0.05, 0) is 37.5 Å². The molecule has 1 aliphatic carbocycles. The van der Waals surface area contributed by atoms with Crippen molar-refractivity contribution in [2.75, 3.05) is 6.61 Å². The molecule has 1 aliphatic rings. The molecule has 92 valence electrons. The lowest BCUT2D eigenvalue weighted by Gasteiger charge is -2.08. The van der Waals surface area contributed by atoms with Crippen LogP contribution in [0.25, 0.3) is 0 Å². The van der Waals surface area contributed by atoms with Crippen LogP contribution >= 0.6 is 0 Å². The molecule has 1 aromatic rings. The van der Waals surface area contributed by atoms with Crippen molar-refractivity contribution in [3.63, 3.8) is 0 Å². The van der Waals surface area contributed by atoms with Crippen molar-refractivity contribution in [2.24, 2.45) is 10.8 Å². The van der Waals surface area contributed by atoms with E-state index >= 15 is 0 Å². The molecule has 0 heterocycles. The number of nitrogens with zero attached hydrogens (tertiary/aromatic N) is 1. The smallest absolute Gasteiger partial charge is 0.119 e. The summed E-state index contributed by atoms with van der Waals surface area (Å²) in [6.45, 7) is 2.65. The fraction of sp³-hybridized carbons (Fsp3) is 0.462. The quantitative estimate of drug-likeness (QED) is 0.353. The molecule has 0 bridgehead atoms. The number of hydrazine groups is 1. The maximum absolute atomic E-state index is 5.64. The Kier molecular flexibility index (Phi) is 3.98. The van der Waals surface area contributed by atoms with Crippen LogP contribution in [0.1, 0.15) is 24.8 Å².